The maximum absolute atomic E-state index is 13.0. The van der Waals surface area contributed by atoms with E-state index < -0.39 is 113 Å². The lowest BCUT2D eigenvalue weighted by Crippen LogP contribution is -2.60. The van der Waals surface area contributed by atoms with E-state index in [1.165, 1.54) is 26.8 Å². The first-order valence-corrected chi connectivity index (χ1v) is 16.2. The quantitative estimate of drug-likeness (QED) is 0.0301. The van der Waals surface area contributed by atoms with Crippen LogP contribution in [-0.2, 0) is 52.7 Å². The molecule has 0 aromatic heterocycles. The third-order valence-corrected chi connectivity index (χ3v) is 6.96. The highest BCUT2D eigenvalue weighted by Gasteiger charge is 2.35. The Hall–Kier alpha value is -5.40. The van der Waals surface area contributed by atoms with Gasteiger partial charge in [0.2, 0.25) is 41.2 Å². The number of ether oxygens (including phenoxy) is 1. The Bertz CT molecular complexity index is 1380. The van der Waals surface area contributed by atoms with Gasteiger partial charge in [0.15, 0.2) is 0 Å². The molecule has 0 spiro atoms. The van der Waals surface area contributed by atoms with Crippen molar-refractivity contribution in [3.8, 4) is 0 Å². The lowest BCUT2D eigenvalue weighted by atomic mass is 9.87. The van der Waals surface area contributed by atoms with Gasteiger partial charge in [0.25, 0.3) is 5.91 Å². The molecule has 20 heteroatoms. The molecule has 20 nitrogen and oxygen atoms in total. The highest BCUT2D eigenvalue weighted by atomic mass is 16.5. The van der Waals surface area contributed by atoms with Gasteiger partial charge in [0, 0.05) is 13.3 Å². The molecule has 0 heterocycles. The molecule has 52 heavy (non-hydrogen) atoms. The Labute approximate surface area is 300 Å². The maximum atomic E-state index is 13.0. The summed E-state index contributed by atoms with van der Waals surface area (Å²) in [5, 5.41) is 32.8. The SMILES string of the molecule is C=CCOC(=O)CC[C@H](NC(=O)[C@H](CC(=O)O)NC(=O)C(=O)[C@H](C)NC(=O)[C@H](C)NC(=O)[C@@H](NC(=O)[C@H](CC(C)(C)C)NC(C)=O)[C@@H](C)O)C(N)=O. The van der Waals surface area contributed by atoms with Crippen LogP contribution in [0.2, 0.25) is 0 Å². The van der Waals surface area contributed by atoms with Gasteiger partial charge in [-0.25, -0.2) is 0 Å². The molecule has 0 bridgehead atoms. The highest BCUT2D eigenvalue weighted by Crippen LogP contribution is 2.21. The van der Waals surface area contributed by atoms with Crippen LogP contribution in [0.3, 0.4) is 0 Å². The molecule has 0 saturated heterocycles. The van der Waals surface area contributed by atoms with Gasteiger partial charge in [0.05, 0.1) is 18.6 Å². The molecule has 7 atom stereocenters. The summed E-state index contributed by atoms with van der Waals surface area (Å²) in [5.74, 6) is -10.7. The zero-order chi connectivity index (χ0) is 40.5. The van der Waals surface area contributed by atoms with E-state index in [4.69, 9.17) is 10.5 Å². The van der Waals surface area contributed by atoms with Crippen LogP contribution in [0.1, 0.15) is 74.1 Å². The van der Waals surface area contributed by atoms with Gasteiger partial charge in [0.1, 0.15) is 36.8 Å². The highest BCUT2D eigenvalue weighted by molar-refractivity contribution is 6.38. The smallest absolute Gasteiger partial charge is 0.306 e. The second-order valence-corrected chi connectivity index (χ2v) is 13.2. The number of carboxylic acid groups (broad SMARTS) is 1. The first-order chi connectivity index (χ1) is 23.9. The second kappa shape index (κ2) is 21.7. The van der Waals surface area contributed by atoms with Gasteiger partial charge >= 0.3 is 11.9 Å². The van der Waals surface area contributed by atoms with Crippen LogP contribution < -0.4 is 37.6 Å². The van der Waals surface area contributed by atoms with Crippen LogP contribution in [-0.4, -0.2) is 118 Å². The summed E-state index contributed by atoms with van der Waals surface area (Å²) in [6.07, 6.45) is -1.70. The number of Topliss-reactive ketones (excluding diaryl/α,β-unsaturated/α-hetero) is 1. The number of esters is 1. The number of hydrogen-bond donors (Lipinski definition) is 9. The number of carboxylic acids is 1. The largest absolute Gasteiger partial charge is 0.481 e. The monoisotopic (exact) mass is 741 g/mol. The third-order valence-electron chi connectivity index (χ3n) is 6.96. The van der Waals surface area contributed by atoms with Gasteiger partial charge < -0.3 is 52.6 Å². The van der Waals surface area contributed by atoms with Crippen molar-refractivity contribution in [2.75, 3.05) is 6.61 Å². The molecule has 0 radical (unpaired) electrons. The number of aliphatic carboxylic acids is 1. The molecule has 0 aromatic rings. The van der Waals surface area contributed by atoms with Crippen LogP contribution in [0, 0.1) is 5.41 Å². The summed E-state index contributed by atoms with van der Waals surface area (Å²) in [5.41, 5.74) is 4.86. The molecular formula is C32H51N7O13. The van der Waals surface area contributed by atoms with Gasteiger partial charge in [-0.1, -0.05) is 33.4 Å². The van der Waals surface area contributed by atoms with E-state index >= 15 is 0 Å². The molecule has 0 aliphatic carbocycles. The minimum absolute atomic E-state index is 0.108. The molecule has 292 valence electrons. The van der Waals surface area contributed by atoms with Crippen LogP contribution in [0.15, 0.2) is 12.7 Å². The van der Waals surface area contributed by atoms with Crippen molar-refractivity contribution in [3.05, 3.63) is 12.7 Å². The van der Waals surface area contributed by atoms with Crippen molar-refractivity contribution >= 4 is 59.1 Å². The van der Waals surface area contributed by atoms with Crippen molar-refractivity contribution in [1.29, 1.82) is 0 Å². The molecular weight excluding hydrogens is 690 g/mol. The van der Waals surface area contributed by atoms with Crippen molar-refractivity contribution in [3.63, 3.8) is 0 Å². The van der Waals surface area contributed by atoms with E-state index in [1.54, 1.807) is 0 Å². The lowest BCUT2D eigenvalue weighted by molar-refractivity contribution is -0.144. The lowest BCUT2D eigenvalue weighted by Gasteiger charge is -2.29. The zero-order valence-corrected chi connectivity index (χ0v) is 30.3. The Kier molecular flexibility index (Phi) is 19.5. The molecule has 0 rings (SSSR count). The van der Waals surface area contributed by atoms with E-state index in [0.717, 1.165) is 6.92 Å². The molecule has 0 fully saturated rings. The fourth-order valence-electron chi connectivity index (χ4n) is 4.35. The Balaban J connectivity index is 5.54. The van der Waals surface area contributed by atoms with Crippen LogP contribution in [0.4, 0.5) is 0 Å². The normalized spacial score (nSPS) is 15.0. The molecule has 0 unspecified atom stereocenters. The van der Waals surface area contributed by atoms with Crippen molar-refractivity contribution in [2.24, 2.45) is 11.1 Å². The van der Waals surface area contributed by atoms with Gasteiger partial charge in [-0.15, -0.1) is 0 Å². The first kappa shape index (κ1) is 46.6. The molecule has 0 aromatic carbocycles. The average molecular weight is 742 g/mol. The summed E-state index contributed by atoms with van der Waals surface area (Å²) in [6, 6.07) is -8.97. The number of hydrogen-bond acceptors (Lipinski definition) is 12. The fourth-order valence-corrected chi connectivity index (χ4v) is 4.35. The Morgan fingerprint density at radius 3 is 1.81 bits per heavy atom. The summed E-state index contributed by atoms with van der Waals surface area (Å²) in [4.78, 5) is 124. The van der Waals surface area contributed by atoms with Gasteiger partial charge in [-0.3, -0.25) is 47.9 Å². The minimum atomic E-state index is -1.90. The van der Waals surface area contributed by atoms with E-state index in [0.29, 0.717) is 0 Å². The number of ketones is 1. The second-order valence-electron chi connectivity index (χ2n) is 13.2. The number of primary amides is 1. The number of carbonyl (C=O) groups is 10. The van der Waals surface area contributed by atoms with Gasteiger partial charge in [-0.05, 0) is 39.0 Å². The van der Waals surface area contributed by atoms with E-state index in [9.17, 15) is 58.2 Å². The Morgan fingerprint density at radius 1 is 0.769 bits per heavy atom. The third kappa shape index (κ3) is 18.0. The molecule has 7 amide bonds. The average Bonchev–Trinajstić information content (AvgIpc) is 3.01. The van der Waals surface area contributed by atoms with E-state index in [1.807, 2.05) is 26.1 Å². The summed E-state index contributed by atoms with van der Waals surface area (Å²) in [7, 11) is 0. The van der Waals surface area contributed by atoms with Crippen molar-refractivity contribution in [1.82, 2.24) is 31.9 Å². The summed E-state index contributed by atoms with van der Waals surface area (Å²) < 4.78 is 4.77. The number of amides is 7. The number of nitrogens with one attached hydrogen (secondary N) is 6. The number of rotatable bonds is 22. The fraction of sp³-hybridized carbons (Fsp3) is 0.625. The topological polar surface area (TPSA) is 319 Å². The summed E-state index contributed by atoms with van der Waals surface area (Å²) >= 11 is 0. The Morgan fingerprint density at radius 2 is 1.33 bits per heavy atom. The van der Waals surface area contributed by atoms with Crippen molar-refractivity contribution < 1.29 is 62.9 Å². The molecule has 0 saturated carbocycles. The molecule has 10 N–H and O–H groups in total. The van der Waals surface area contributed by atoms with Crippen LogP contribution in [0.5, 0.6) is 0 Å². The number of aliphatic hydroxyl groups is 1. The predicted octanol–water partition coefficient (Wildman–Crippen LogP) is -3.19. The number of nitrogens with two attached hydrogens (primary N) is 1. The van der Waals surface area contributed by atoms with Crippen molar-refractivity contribution in [2.45, 2.75) is 117 Å². The maximum Gasteiger partial charge on any atom is 0.306 e. The molecule has 0 aliphatic rings. The zero-order valence-electron chi connectivity index (χ0n) is 30.3. The standard InChI is InChI=1S/C32H51N7O13/c1-9-12-52-23(44)11-10-19(26(33)46)37-28(48)20(13-22(42)43)38-31(51)25(45)15(2)34-27(47)16(3)35-30(50)24(17(4)40)39-29(49)21(36-18(5)41)14-32(6,7)8/h9,15-17,19-21,24,40H,1,10-14H2,2-8H3,(H2,33,46)(H,34,47)(H,35,50)(H,36,41)(H,37,48)(H,38,51)(H,39,49)(H,42,43)/t15-,16-,17+,19-,20-,21-,24-/m0/s1. The predicted molar refractivity (Wildman–Crippen MR) is 181 cm³/mol. The van der Waals surface area contributed by atoms with E-state index in [-0.39, 0.29) is 25.9 Å². The van der Waals surface area contributed by atoms with Gasteiger partial charge in [-0.2, -0.15) is 0 Å². The minimum Gasteiger partial charge on any atom is -0.481 e. The summed E-state index contributed by atoms with van der Waals surface area (Å²) in [6.45, 7) is 13.5. The van der Waals surface area contributed by atoms with E-state index in [2.05, 4.69) is 33.2 Å². The van der Waals surface area contributed by atoms with Crippen LogP contribution in [0.25, 0.3) is 0 Å². The number of carbonyl (C=O) groups excluding carboxylic acids is 9. The number of aliphatic hydroxyl groups excluding tert-OH is 1. The van der Waals surface area contributed by atoms with Crippen LogP contribution >= 0.6 is 0 Å². The molecule has 0 aliphatic heterocycles. The first-order valence-electron chi connectivity index (χ1n) is 16.2.